The second-order valence-electron chi connectivity index (χ2n) is 4.04. The highest BCUT2D eigenvalue weighted by molar-refractivity contribution is 5.87. The van der Waals surface area contributed by atoms with Gasteiger partial charge >= 0.3 is 0 Å². The van der Waals surface area contributed by atoms with Gasteiger partial charge in [-0.2, -0.15) is 0 Å². The number of carbonyl (C=O) groups is 2. The predicted octanol–water partition coefficient (Wildman–Crippen LogP) is -0.225. The third-order valence-electron chi connectivity index (χ3n) is 2.55. The SMILES string of the molecule is CNC(=O)C(C)NC(=O)COc1ccc(CN)cc1. The zero-order valence-corrected chi connectivity index (χ0v) is 11.1. The smallest absolute Gasteiger partial charge is 0.258 e. The summed E-state index contributed by atoms with van der Waals surface area (Å²) in [6.45, 7) is 1.93. The lowest BCUT2D eigenvalue weighted by Crippen LogP contribution is -2.45. The Kier molecular flexibility index (Phi) is 5.81. The number of ether oxygens (including phenoxy) is 1. The fourth-order valence-corrected chi connectivity index (χ4v) is 1.44. The van der Waals surface area contributed by atoms with E-state index in [0.717, 1.165) is 5.56 Å². The Morgan fingerprint density at radius 3 is 2.47 bits per heavy atom. The molecule has 2 amide bonds. The molecule has 1 rings (SSSR count). The number of nitrogens with two attached hydrogens (primary N) is 1. The molecule has 19 heavy (non-hydrogen) atoms. The first-order chi connectivity index (χ1) is 9.06. The molecule has 6 nitrogen and oxygen atoms in total. The number of rotatable bonds is 6. The quantitative estimate of drug-likeness (QED) is 0.662. The Labute approximate surface area is 112 Å². The van der Waals surface area contributed by atoms with E-state index in [2.05, 4.69) is 10.6 Å². The van der Waals surface area contributed by atoms with Crippen molar-refractivity contribution < 1.29 is 14.3 Å². The molecule has 1 unspecified atom stereocenters. The van der Waals surface area contributed by atoms with Crippen LogP contribution in [0.4, 0.5) is 0 Å². The summed E-state index contributed by atoms with van der Waals surface area (Å²) in [5.41, 5.74) is 6.47. The molecular weight excluding hydrogens is 246 g/mol. The van der Waals surface area contributed by atoms with Crippen molar-refractivity contribution in [1.29, 1.82) is 0 Å². The van der Waals surface area contributed by atoms with Gasteiger partial charge in [-0.15, -0.1) is 0 Å². The summed E-state index contributed by atoms with van der Waals surface area (Å²) in [6, 6.07) is 6.58. The van der Waals surface area contributed by atoms with Gasteiger partial charge in [0.1, 0.15) is 11.8 Å². The molecule has 0 spiro atoms. The van der Waals surface area contributed by atoms with Crippen molar-refractivity contribution in [2.24, 2.45) is 5.73 Å². The van der Waals surface area contributed by atoms with E-state index in [4.69, 9.17) is 10.5 Å². The lowest BCUT2D eigenvalue weighted by atomic mass is 10.2. The first-order valence-electron chi connectivity index (χ1n) is 5.99. The van der Waals surface area contributed by atoms with E-state index in [1.807, 2.05) is 12.1 Å². The van der Waals surface area contributed by atoms with Crippen LogP contribution in [0.5, 0.6) is 5.75 Å². The third-order valence-corrected chi connectivity index (χ3v) is 2.55. The number of hydrogen-bond donors (Lipinski definition) is 3. The monoisotopic (exact) mass is 265 g/mol. The van der Waals surface area contributed by atoms with Crippen LogP contribution in [0.1, 0.15) is 12.5 Å². The molecule has 4 N–H and O–H groups in total. The zero-order chi connectivity index (χ0) is 14.3. The van der Waals surface area contributed by atoms with E-state index in [1.54, 1.807) is 19.1 Å². The van der Waals surface area contributed by atoms with Crippen LogP contribution in [0.25, 0.3) is 0 Å². The molecule has 1 aromatic carbocycles. The Morgan fingerprint density at radius 2 is 1.95 bits per heavy atom. The number of likely N-dealkylation sites (N-methyl/N-ethyl adjacent to an activating group) is 1. The molecule has 0 heterocycles. The molecule has 0 bridgehead atoms. The highest BCUT2D eigenvalue weighted by atomic mass is 16.5. The lowest BCUT2D eigenvalue weighted by Gasteiger charge is -2.12. The van der Waals surface area contributed by atoms with Crippen LogP contribution in [0.15, 0.2) is 24.3 Å². The molecule has 0 aliphatic carbocycles. The van der Waals surface area contributed by atoms with E-state index in [0.29, 0.717) is 12.3 Å². The summed E-state index contributed by atoms with van der Waals surface area (Å²) in [6.07, 6.45) is 0. The van der Waals surface area contributed by atoms with Crippen LogP contribution in [0.2, 0.25) is 0 Å². The van der Waals surface area contributed by atoms with Crippen molar-refractivity contribution in [1.82, 2.24) is 10.6 Å². The highest BCUT2D eigenvalue weighted by Gasteiger charge is 2.13. The molecule has 0 aliphatic heterocycles. The molecule has 0 fully saturated rings. The first kappa shape index (κ1) is 15.0. The minimum absolute atomic E-state index is 0.136. The van der Waals surface area contributed by atoms with Crippen LogP contribution in [0, 0.1) is 0 Å². The first-order valence-corrected chi connectivity index (χ1v) is 5.99. The molecule has 0 radical (unpaired) electrons. The largest absolute Gasteiger partial charge is 0.484 e. The van der Waals surface area contributed by atoms with Crippen LogP contribution in [0.3, 0.4) is 0 Å². The third kappa shape index (κ3) is 4.97. The Balaban J connectivity index is 2.39. The molecule has 0 saturated carbocycles. The standard InChI is InChI=1S/C13H19N3O3/c1-9(13(18)15-2)16-12(17)8-19-11-5-3-10(7-14)4-6-11/h3-6,9H,7-8,14H2,1-2H3,(H,15,18)(H,16,17). The van der Waals surface area contributed by atoms with Crippen molar-refractivity contribution >= 4 is 11.8 Å². The fourth-order valence-electron chi connectivity index (χ4n) is 1.44. The number of amides is 2. The minimum Gasteiger partial charge on any atom is -0.484 e. The maximum atomic E-state index is 11.5. The van der Waals surface area contributed by atoms with Crippen LogP contribution >= 0.6 is 0 Å². The van der Waals surface area contributed by atoms with E-state index >= 15 is 0 Å². The molecule has 0 aliphatic rings. The molecule has 104 valence electrons. The van der Waals surface area contributed by atoms with E-state index in [-0.39, 0.29) is 18.4 Å². The van der Waals surface area contributed by atoms with Gasteiger partial charge in [-0.1, -0.05) is 12.1 Å². The number of hydrogen-bond acceptors (Lipinski definition) is 4. The molecule has 0 saturated heterocycles. The Morgan fingerprint density at radius 1 is 1.32 bits per heavy atom. The maximum absolute atomic E-state index is 11.5. The lowest BCUT2D eigenvalue weighted by molar-refractivity contribution is -0.129. The van der Waals surface area contributed by atoms with Crippen LogP contribution in [-0.2, 0) is 16.1 Å². The van der Waals surface area contributed by atoms with Gasteiger partial charge in [0, 0.05) is 13.6 Å². The number of carbonyl (C=O) groups excluding carboxylic acids is 2. The van der Waals surface area contributed by atoms with Gasteiger partial charge in [0.15, 0.2) is 6.61 Å². The highest BCUT2D eigenvalue weighted by Crippen LogP contribution is 2.11. The van der Waals surface area contributed by atoms with Gasteiger partial charge in [-0.05, 0) is 24.6 Å². The maximum Gasteiger partial charge on any atom is 0.258 e. The summed E-state index contributed by atoms with van der Waals surface area (Å²) in [4.78, 5) is 22.7. The van der Waals surface area contributed by atoms with E-state index in [9.17, 15) is 9.59 Å². The fraction of sp³-hybridized carbons (Fsp3) is 0.385. The van der Waals surface area contributed by atoms with Gasteiger partial charge < -0.3 is 21.1 Å². The van der Waals surface area contributed by atoms with Gasteiger partial charge in [0.05, 0.1) is 0 Å². The van der Waals surface area contributed by atoms with Crippen molar-refractivity contribution in [3.8, 4) is 5.75 Å². The average molecular weight is 265 g/mol. The number of benzene rings is 1. The second-order valence-corrected chi connectivity index (χ2v) is 4.04. The molecule has 6 heteroatoms. The van der Waals surface area contributed by atoms with Crippen molar-refractivity contribution in [3.05, 3.63) is 29.8 Å². The van der Waals surface area contributed by atoms with Gasteiger partial charge in [0.2, 0.25) is 5.91 Å². The van der Waals surface area contributed by atoms with Gasteiger partial charge in [0.25, 0.3) is 5.91 Å². The van der Waals surface area contributed by atoms with E-state index < -0.39 is 6.04 Å². The molecule has 1 atom stereocenters. The summed E-state index contributed by atoms with van der Waals surface area (Å²) >= 11 is 0. The second kappa shape index (κ2) is 7.38. The van der Waals surface area contributed by atoms with Crippen molar-refractivity contribution in [2.45, 2.75) is 19.5 Å². The van der Waals surface area contributed by atoms with Crippen molar-refractivity contribution in [3.63, 3.8) is 0 Å². The van der Waals surface area contributed by atoms with Crippen LogP contribution < -0.4 is 21.1 Å². The summed E-state index contributed by atoms with van der Waals surface area (Å²) in [5.74, 6) is -0.0143. The molecule has 0 aromatic heterocycles. The van der Waals surface area contributed by atoms with Gasteiger partial charge in [-0.25, -0.2) is 0 Å². The predicted molar refractivity (Wildman–Crippen MR) is 71.5 cm³/mol. The zero-order valence-electron chi connectivity index (χ0n) is 11.1. The summed E-state index contributed by atoms with van der Waals surface area (Å²) in [7, 11) is 1.51. The normalized spacial score (nSPS) is 11.5. The Hall–Kier alpha value is -2.08. The topological polar surface area (TPSA) is 93.5 Å². The minimum atomic E-state index is -0.583. The Bertz CT molecular complexity index is 431. The van der Waals surface area contributed by atoms with E-state index in [1.165, 1.54) is 7.05 Å². The summed E-state index contributed by atoms with van der Waals surface area (Å²) in [5, 5.41) is 4.98. The average Bonchev–Trinajstić information content (AvgIpc) is 2.44. The number of nitrogens with one attached hydrogen (secondary N) is 2. The van der Waals surface area contributed by atoms with Gasteiger partial charge in [-0.3, -0.25) is 9.59 Å². The summed E-state index contributed by atoms with van der Waals surface area (Å²) < 4.78 is 5.30. The van der Waals surface area contributed by atoms with Crippen molar-refractivity contribution in [2.75, 3.05) is 13.7 Å². The van der Waals surface area contributed by atoms with Crippen LogP contribution in [-0.4, -0.2) is 31.5 Å². The molecule has 1 aromatic rings. The molecular formula is C13H19N3O3.